The molecule has 0 spiro atoms. The van der Waals surface area contributed by atoms with E-state index in [2.05, 4.69) is 17.2 Å². The summed E-state index contributed by atoms with van der Waals surface area (Å²) in [6.07, 6.45) is 5.12. The quantitative estimate of drug-likeness (QED) is 0.605. The number of aryl methyl sites for hydroxylation is 1. The standard InChI is InChI=1S/C19H28N2O4/c1-4-24-19(23)15-9-10-16(21-14(15)3)18(22)20-11-12-25-17-8-6-5-7-13(17)2/h9-10,13,17H,4-8,11-12H2,1-3H3,(H,20,22). The third kappa shape index (κ3) is 5.53. The van der Waals surface area contributed by atoms with Crippen molar-refractivity contribution in [3.8, 4) is 0 Å². The molecule has 138 valence electrons. The first kappa shape index (κ1) is 19.4. The first-order chi connectivity index (χ1) is 12.0. The van der Waals surface area contributed by atoms with Gasteiger partial charge in [-0.25, -0.2) is 9.78 Å². The molecular weight excluding hydrogens is 320 g/mol. The molecule has 6 heteroatoms. The van der Waals surface area contributed by atoms with E-state index < -0.39 is 5.97 Å². The largest absolute Gasteiger partial charge is 0.462 e. The molecule has 1 aromatic heterocycles. The minimum absolute atomic E-state index is 0.265. The normalized spacial score (nSPS) is 20.1. The summed E-state index contributed by atoms with van der Waals surface area (Å²) in [5.74, 6) is -0.0996. The average molecular weight is 348 g/mol. The molecule has 1 aromatic rings. The van der Waals surface area contributed by atoms with Crippen molar-refractivity contribution in [2.45, 2.75) is 52.6 Å². The van der Waals surface area contributed by atoms with Gasteiger partial charge in [0.05, 0.1) is 30.6 Å². The van der Waals surface area contributed by atoms with Crippen molar-refractivity contribution in [3.05, 3.63) is 29.1 Å². The van der Waals surface area contributed by atoms with E-state index in [1.807, 2.05) is 0 Å². The summed E-state index contributed by atoms with van der Waals surface area (Å²) in [7, 11) is 0. The van der Waals surface area contributed by atoms with Crippen LogP contribution >= 0.6 is 0 Å². The summed E-state index contributed by atoms with van der Waals surface area (Å²) < 4.78 is 10.8. The number of nitrogens with zero attached hydrogens (tertiary/aromatic N) is 1. The van der Waals surface area contributed by atoms with Gasteiger partial charge in [0, 0.05) is 6.54 Å². The highest BCUT2D eigenvalue weighted by Gasteiger charge is 2.21. The molecule has 6 nitrogen and oxygen atoms in total. The van der Waals surface area contributed by atoms with E-state index in [9.17, 15) is 9.59 Å². The maximum Gasteiger partial charge on any atom is 0.339 e. The van der Waals surface area contributed by atoms with Gasteiger partial charge in [0.25, 0.3) is 5.91 Å². The monoisotopic (exact) mass is 348 g/mol. The van der Waals surface area contributed by atoms with Crippen molar-refractivity contribution in [2.75, 3.05) is 19.8 Å². The van der Waals surface area contributed by atoms with Gasteiger partial charge < -0.3 is 14.8 Å². The Bertz CT molecular complexity index is 603. The highest BCUT2D eigenvalue weighted by molar-refractivity contribution is 5.94. The van der Waals surface area contributed by atoms with Crippen molar-refractivity contribution < 1.29 is 19.1 Å². The Labute approximate surface area is 149 Å². The summed E-state index contributed by atoms with van der Waals surface area (Å²) in [5.41, 5.74) is 1.16. The second-order valence-electron chi connectivity index (χ2n) is 6.48. The number of hydrogen-bond donors (Lipinski definition) is 1. The van der Waals surface area contributed by atoms with Crippen LogP contribution in [0.25, 0.3) is 0 Å². The van der Waals surface area contributed by atoms with Gasteiger partial charge in [-0.15, -0.1) is 0 Å². The van der Waals surface area contributed by atoms with Crippen LogP contribution in [-0.4, -0.2) is 42.7 Å². The zero-order valence-electron chi connectivity index (χ0n) is 15.3. The molecule has 0 saturated heterocycles. The number of nitrogens with one attached hydrogen (secondary N) is 1. The van der Waals surface area contributed by atoms with Crippen LogP contribution < -0.4 is 5.32 Å². The van der Waals surface area contributed by atoms with Crippen LogP contribution in [0, 0.1) is 12.8 Å². The molecule has 1 fully saturated rings. The molecule has 1 heterocycles. The zero-order chi connectivity index (χ0) is 18.2. The fourth-order valence-corrected chi connectivity index (χ4v) is 3.11. The van der Waals surface area contributed by atoms with Crippen molar-refractivity contribution in [3.63, 3.8) is 0 Å². The van der Waals surface area contributed by atoms with Gasteiger partial charge in [0.2, 0.25) is 0 Å². The van der Waals surface area contributed by atoms with Crippen molar-refractivity contribution in [2.24, 2.45) is 5.92 Å². The molecule has 0 aliphatic heterocycles. The predicted molar refractivity (Wildman–Crippen MR) is 94.6 cm³/mol. The van der Waals surface area contributed by atoms with Gasteiger partial charge >= 0.3 is 5.97 Å². The van der Waals surface area contributed by atoms with E-state index in [0.29, 0.717) is 43.0 Å². The Balaban J connectivity index is 1.80. The fourth-order valence-electron chi connectivity index (χ4n) is 3.11. The topological polar surface area (TPSA) is 77.5 Å². The van der Waals surface area contributed by atoms with E-state index in [1.54, 1.807) is 26.0 Å². The average Bonchev–Trinajstić information content (AvgIpc) is 2.60. The van der Waals surface area contributed by atoms with Crippen molar-refractivity contribution >= 4 is 11.9 Å². The summed E-state index contributed by atoms with van der Waals surface area (Å²) in [5, 5.41) is 2.81. The predicted octanol–water partition coefficient (Wildman–Crippen LogP) is 2.89. The van der Waals surface area contributed by atoms with Gasteiger partial charge in [-0.2, -0.15) is 0 Å². The summed E-state index contributed by atoms with van der Waals surface area (Å²) >= 11 is 0. The van der Waals surface area contributed by atoms with E-state index in [0.717, 1.165) is 6.42 Å². The number of carbonyl (C=O) groups is 2. The number of hydrogen-bond acceptors (Lipinski definition) is 5. The molecule has 0 bridgehead atoms. The van der Waals surface area contributed by atoms with Crippen molar-refractivity contribution in [1.29, 1.82) is 0 Å². The second-order valence-corrected chi connectivity index (χ2v) is 6.48. The number of esters is 1. The molecule has 1 aliphatic carbocycles. The molecule has 2 unspecified atom stereocenters. The first-order valence-electron chi connectivity index (χ1n) is 9.07. The van der Waals surface area contributed by atoms with Crippen LogP contribution in [0.2, 0.25) is 0 Å². The summed E-state index contributed by atoms with van der Waals surface area (Å²) in [4.78, 5) is 28.1. The van der Waals surface area contributed by atoms with E-state index in [4.69, 9.17) is 9.47 Å². The number of carbonyl (C=O) groups excluding carboxylic acids is 2. The lowest BCUT2D eigenvalue weighted by molar-refractivity contribution is -0.00295. The van der Waals surface area contributed by atoms with E-state index in [-0.39, 0.29) is 11.6 Å². The van der Waals surface area contributed by atoms with Crippen molar-refractivity contribution in [1.82, 2.24) is 10.3 Å². The molecule has 2 rings (SSSR count). The molecule has 1 aliphatic rings. The lowest BCUT2D eigenvalue weighted by atomic mass is 9.88. The second kappa shape index (κ2) is 9.51. The number of amides is 1. The molecule has 2 atom stereocenters. The molecule has 1 amide bonds. The van der Waals surface area contributed by atoms with Crippen LogP contribution in [0.5, 0.6) is 0 Å². The molecular formula is C19H28N2O4. The van der Waals surface area contributed by atoms with Crippen LogP contribution in [0.15, 0.2) is 12.1 Å². The lowest BCUT2D eigenvalue weighted by Crippen LogP contribution is -2.32. The fraction of sp³-hybridized carbons (Fsp3) is 0.632. The highest BCUT2D eigenvalue weighted by atomic mass is 16.5. The number of ether oxygens (including phenoxy) is 2. The molecule has 25 heavy (non-hydrogen) atoms. The third-order valence-corrected chi connectivity index (χ3v) is 4.57. The zero-order valence-corrected chi connectivity index (χ0v) is 15.3. The smallest absolute Gasteiger partial charge is 0.339 e. The Morgan fingerprint density at radius 1 is 1.28 bits per heavy atom. The van der Waals surface area contributed by atoms with Crippen LogP contribution in [-0.2, 0) is 9.47 Å². The maximum atomic E-state index is 12.2. The van der Waals surface area contributed by atoms with E-state index >= 15 is 0 Å². The van der Waals surface area contributed by atoms with Crippen LogP contribution in [0.3, 0.4) is 0 Å². The molecule has 1 saturated carbocycles. The van der Waals surface area contributed by atoms with Gasteiger partial charge in [-0.1, -0.05) is 19.8 Å². The molecule has 0 radical (unpaired) electrons. The Kier molecular flexibility index (Phi) is 7.37. The van der Waals surface area contributed by atoms with Gasteiger partial charge in [-0.3, -0.25) is 4.79 Å². The van der Waals surface area contributed by atoms with Gasteiger partial charge in [0.1, 0.15) is 5.69 Å². The minimum atomic E-state index is -0.422. The number of rotatable bonds is 7. The Hall–Kier alpha value is -1.95. The van der Waals surface area contributed by atoms with E-state index in [1.165, 1.54) is 19.3 Å². The lowest BCUT2D eigenvalue weighted by Gasteiger charge is -2.28. The van der Waals surface area contributed by atoms with Crippen LogP contribution in [0.4, 0.5) is 0 Å². The third-order valence-electron chi connectivity index (χ3n) is 4.57. The Morgan fingerprint density at radius 2 is 2.04 bits per heavy atom. The molecule has 1 N–H and O–H groups in total. The van der Waals surface area contributed by atoms with Gasteiger partial charge in [-0.05, 0) is 44.7 Å². The number of aromatic nitrogens is 1. The van der Waals surface area contributed by atoms with Crippen LogP contribution in [0.1, 0.15) is 66.1 Å². The maximum absolute atomic E-state index is 12.2. The van der Waals surface area contributed by atoms with Gasteiger partial charge in [0.15, 0.2) is 0 Å². The number of pyridine rings is 1. The Morgan fingerprint density at radius 3 is 2.72 bits per heavy atom. The summed E-state index contributed by atoms with van der Waals surface area (Å²) in [6, 6.07) is 3.12. The highest BCUT2D eigenvalue weighted by Crippen LogP contribution is 2.25. The molecule has 0 aromatic carbocycles. The summed E-state index contributed by atoms with van der Waals surface area (Å²) in [6.45, 7) is 6.92. The minimum Gasteiger partial charge on any atom is -0.462 e. The SMILES string of the molecule is CCOC(=O)c1ccc(C(=O)NCCOC2CCCCC2C)nc1C. The first-order valence-corrected chi connectivity index (χ1v) is 9.07.